The molecule has 3 aromatic rings. The number of carbonyl (C=O) groups excluding carboxylic acids is 1. The molecule has 0 aliphatic carbocycles. The molecular formula is C22H21NO4. The van der Waals surface area contributed by atoms with E-state index >= 15 is 0 Å². The Balaban J connectivity index is 1.72. The molecule has 5 nitrogen and oxygen atoms in total. The summed E-state index contributed by atoms with van der Waals surface area (Å²) in [6.45, 7) is 0.902. The molecule has 1 aliphatic heterocycles. The molecule has 0 aromatic heterocycles. The van der Waals surface area contributed by atoms with E-state index in [4.69, 9.17) is 4.74 Å². The molecule has 0 bridgehead atoms. The maximum Gasteiger partial charge on any atom is 0.326 e. The van der Waals surface area contributed by atoms with Crippen LogP contribution in [0.3, 0.4) is 0 Å². The van der Waals surface area contributed by atoms with Gasteiger partial charge in [-0.3, -0.25) is 4.79 Å². The topological polar surface area (TPSA) is 75.6 Å². The largest absolute Gasteiger partial charge is 0.480 e. The number of benzene rings is 3. The van der Waals surface area contributed by atoms with Crippen molar-refractivity contribution in [2.45, 2.75) is 18.9 Å². The lowest BCUT2D eigenvalue weighted by Crippen LogP contribution is -2.45. The molecule has 1 saturated heterocycles. The van der Waals surface area contributed by atoms with Gasteiger partial charge in [0.25, 0.3) is 0 Å². The third-order valence-electron chi connectivity index (χ3n) is 5.21. The number of carboxylic acids is 1. The molecule has 0 saturated carbocycles. The average Bonchev–Trinajstić information content (AvgIpc) is 3.21. The number of carbonyl (C=O) groups is 2. The van der Waals surface area contributed by atoms with Gasteiger partial charge in [0, 0.05) is 13.0 Å². The number of aliphatic carboxylic acids is 1. The second-order valence-corrected chi connectivity index (χ2v) is 6.96. The Kier molecular flexibility index (Phi) is 4.77. The number of fused-ring (bicyclic) bond motifs is 2. The summed E-state index contributed by atoms with van der Waals surface area (Å²) in [7, 11) is 0. The van der Waals surface area contributed by atoms with E-state index in [2.05, 4.69) is 11.4 Å². The molecule has 1 heterocycles. The fraction of sp³-hybridized carbons (Fsp3) is 0.273. The van der Waals surface area contributed by atoms with Gasteiger partial charge < -0.3 is 15.2 Å². The summed E-state index contributed by atoms with van der Waals surface area (Å²) < 4.78 is 5.25. The zero-order valence-corrected chi connectivity index (χ0v) is 14.9. The van der Waals surface area contributed by atoms with Crippen molar-refractivity contribution < 1.29 is 19.4 Å². The van der Waals surface area contributed by atoms with Gasteiger partial charge in [0.15, 0.2) is 0 Å². The molecular weight excluding hydrogens is 342 g/mol. The fourth-order valence-corrected chi connectivity index (χ4v) is 3.76. The summed E-state index contributed by atoms with van der Waals surface area (Å²) in [5.41, 5.74) is 0.944. The SMILES string of the molecule is O=C(N[C@@H](Cc1c2ccccc2cc2ccccc12)C(=O)O)[C@@H]1CCOC1. The van der Waals surface area contributed by atoms with Crippen LogP contribution in [0, 0.1) is 5.92 Å². The minimum atomic E-state index is -1.03. The third-order valence-corrected chi connectivity index (χ3v) is 5.21. The second kappa shape index (κ2) is 7.37. The van der Waals surface area contributed by atoms with Crippen molar-refractivity contribution in [3.8, 4) is 0 Å². The van der Waals surface area contributed by atoms with E-state index in [1.165, 1.54) is 0 Å². The summed E-state index contributed by atoms with van der Waals surface area (Å²) in [6.07, 6.45) is 0.867. The molecule has 27 heavy (non-hydrogen) atoms. The van der Waals surface area contributed by atoms with E-state index in [1.54, 1.807) is 0 Å². The Hall–Kier alpha value is -2.92. The molecule has 1 amide bonds. The standard InChI is InChI=1S/C22H21NO4/c24-21(16-9-10-27-13-16)23-20(22(25)26)12-19-17-7-3-1-5-14(17)11-15-6-2-4-8-18(15)19/h1-8,11,16,20H,9-10,12-13H2,(H,23,24)(H,25,26)/t16-,20+/m1/s1. The van der Waals surface area contributed by atoms with Crippen LogP contribution in [0.2, 0.25) is 0 Å². The molecule has 0 unspecified atom stereocenters. The predicted molar refractivity (Wildman–Crippen MR) is 104 cm³/mol. The van der Waals surface area contributed by atoms with E-state index in [9.17, 15) is 14.7 Å². The smallest absolute Gasteiger partial charge is 0.326 e. The highest BCUT2D eigenvalue weighted by molar-refractivity contribution is 6.02. The van der Waals surface area contributed by atoms with Crippen molar-refractivity contribution in [2.75, 3.05) is 13.2 Å². The second-order valence-electron chi connectivity index (χ2n) is 6.96. The van der Waals surface area contributed by atoms with Crippen LogP contribution in [0.1, 0.15) is 12.0 Å². The van der Waals surface area contributed by atoms with Gasteiger partial charge in [-0.15, -0.1) is 0 Å². The summed E-state index contributed by atoms with van der Waals surface area (Å²) in [4.78, 5) is 24.3. The van der Waals surface area contributed by atoms with E-state index in [-0.39, 0.29) is 18.2 Å². The summed E-state index contributed by atoms with van der Waals surface area (Å²) in [5, 5.41) is 16.6. The predicted octanol–water partition coefficient (Wildman–Crippen LogP) is 3.14. The highest BCUT2D eigenvalue weighted by atomic mass is 16.5. The molecule has 2 N–H and O–H groups in total. The number of hydrogen-bond acceptors (Lipinski definition) is 3. The Morgan fingerprint density at radius 3 is 2.26 bits per heavy atom. The first-order chi connectivity index (χ1) is 13.1. The molecule has 1 fully saturated rings. The van der Waals surface area contributed by atoms with Gasteiger partial charge in [0.1, 0.15) is 6.04 Å². The van der Waals surface area contributed by atoms with Crippen LogP contribution in [0.5, 0.6) is 0 Å². The lowest BCUT2D eigenvalue weighted by Gasteiger charge is -2.19. The van der Waals surface area contributed by atoms with Gasteiger partial charge in [-0.1, -0.05) is 48.5 Å². The van der Waals surface area contributed by atoms with Crippen LogP contribution in [0.4, 0.5) is 0 Å². The zero-order chi connectivity index (χ0) is 18.8. The van der Waals surface area contributed by atoms with E-state index in [0.29, 0.717) is 19.6 Å². The molecule has 2 atom stereocenters. The Labute approximate surface area is 156 Å². The van der Waals surface area contributed by atoms with Crippen LogP contribution >= 0.6 is 0 Å². The number of amides is 1. The zero-order valence-electron chi connectivity index (χ0n) is 14.9. The van der Waals surface area contributed by atoms with Crippen LogP contribution in [-0.4, -0.2) is 36.2 Å². The van der Waals surface area contributed by atoms with Gasteiger partial charge in [-0.25, -0.2) is 4.79 Å². The number of ether oxygens (including phenoxy) is 1. The Bertz CT molecular complexity index is 954. The van der Waals surface area contributed by atoms with Crippen molar-refractivity contribution >= 4 is 33.4 Å². The molecule has 5 heteroatoms. The molecule has 1 aliphatic rings. The van der Waals surface area contributed by atoms with E-state index in [0.717, 1.165) is 27.1 Å². The van der Waals surface area contributed by atoms with Crippen molar-refractivity contribution in [2.24, 2.45) is 5.92 Å². The van der Waals surface area contributed by atoms with Crippen LogP contribution < -0.4 is 5.32 Å². The summed E-state index contributed by atoms with van der Waals surface area (Å²) in [5.74, 6) is -1.54. The quantitative estimate of drug-likeness (QED) is 0.683. The number of nitrogens with one attached hydrogen (secondary N) is 1. The molecule has 0 spiro atoms. The van der Waals surface area contributed by atoms with E-state index in [1.807, 2.05) is 48.5 Å². The maximum atomic E-state index is 12.4. The summed E-state index contributed by atoms with van der Waals surface area (Å²) >= 11 is 0. The highest BCUT2D eigenvalue weighted by Crippen LogP contribution is 2.29. The van der Waals surface area contributed by atoms with Crippen molar-refractivity contribution in [1.29, 1.82) is 0 Å². The number of hydrogen-bond donors (Lipinski definition) is 2. The Morgan fingerprint density at radius 1 is 1.07 bits per heavy atom. The molecule has 3 aromatic carbocycles. The highest BCUT2D eigenvalue weighted by Gasteiger charge is 2.28. The van der Waals surface area contributed by atoms with Gasteiger partial charge in [0.05, 0.1) is 12.5 Å². The Morgan fingerprint density at radius 2 is 1.70 bits per heavy atom. The first-order valence-electron chi connectivity index (χ1n) is 9.14. The normalized spacial score (nSPS) is 17.9. The third kappa shape index (κ3) is 3.51. The minimum Gasteiger partial charge on any atom is -0.480 e. The first-order valence-corrected chi connectivity index (χ1v) is 9.14. The minimum absolute atomic E-state index is 0.233. The van der Waals surface area contributed by atoms with Crippen LogP contribution in [-0.2, 0) is 20.7 Å². The monoisotopic (exact) mass is 363 g/mol. The molecule has 138 valence electrons. The fourth-order valence-electron chi connectivity index (χ4n) is 3.76. The van der Waals surface area contributed by atoms with Crippen LogP contribution in [0.15, 0.2) is 54.6 Å². The van der Waals surface area contributed by atoms with Crippen molar-refractivity contribution in [3.63, 3.8) is 0 Å². The van der Waals surface area contributed by atoms with Crippen molar-refractivity contribution in [1.82, 2.24) is 5.32 Å². The number of carboxylic acid groups (broad SMARTS) is 1. The van der Waals surface area contributed by atoms with Gasteiger partial charge in [-0.05, 0) is 39.6 Å². The first kappa shape index (κ1) is 17.5. The van der Waals surface area contributed by atoms with Crippen molar-refractivity contribution in [3.05, 3.63) is 60.2 Å². The summed E-state index contributed by atoms with van der Waals surface area (Å²) in [6, 6.07) is 17.0. The molecule has 4 rings (SSSR count). The molecule has 0 radical (unpaired) electrons. The lowest BCUT2D eigenvalue weighted by molar-refractivity contribution is -0.142. The van der Waals surface area contributed by atoms with Crippen LogP contribution in [0.25, 0.3) is 21.5 Å². The van der Waals surface area contributed by atoms with E-state index < -0.39 is 12.0 Å². The average molecular weight is 363 g/mol. The van der Waals surface area contributed by atoms with Gasteiger partial charge in [-0.2, -0.15) is 0 Å². The van der Waals surface area contributed by atoms with Gasteiger partial charge in [0.2, 0.25) is 5.91 Å². The number of rotatable bonds is 5. The maximum absolute atomic E-state index is 12.4. The lowest BCUT2D eigenvalue weighted by atomic mass is 9.92. The van der Waals surface area contributed by atoms with Gasteiger partial charge >= 0.3 is 5.97 Å².